The van der Waals surface area contributed by atoms with Gasteiger partial charge in [-0.1, -0.05) is 6.42 Å². The molecule has 7 heteroatoms. The standard InChI is InChI=1S/C16H20N2O5/c1-11-7-8-12(9-17-11)15(20)22-10-23-16(21)18(2)13-5-3-4-6-14(13)19/h7-9,13H,3-6,10H2,1-2H3/t13-/m1/s1. The molecule has 1 aliphatic rings. The number of likely N-dealkylation sites (N-methyl/N-ethyl adjacent to an activating group) is 1. The Balaban J connectivity index is 1.78. The van der Waals surface area contributed by atoms with Gasteiger partial charge in [0.1, 0.15) is 0 Å². The van der Waals surface area contributed by atoms with Gasteiger partial charge in [0.15, 0.2) is 5.78 Å². The number of pyridine rings is 1. The molecule has 0 aliphatic heterocycles. The minimum atomic E-state index is -0.680. The highest BCUT2D eigenvalue weighted by Gasteiger charge is 2.29. The van der Waals surface area contributed by atoms with E-state index in [1.807, 2.05) is 0 Å². The van der Waals surface area contributed by atoms with E-state index < -0.39 is 24.9 Å². The van der Waals surface area contributed by atoms with Crippen LogP contribution in [0.5, 0.6) is 0 Å². The van der Waals surface area contributed by atoms with Crippen LogP contribution in [0.15, 0.2) is 18.3 Å². The van der Waals surface area contributed by atoms with Crippen LogP contribution in [0.4, 0.5) is 4.79 Å². The number of esters is 1. The Morgan fingerprint density at radius 3 is 2.74 bits per heavy atom. The summed E-state index contributed by atoms with van der Waals surface area (Å²) in [5.74, 6) is -0.583. The Morgan fingerprint density at radius 2 is 2.09 bits per heavy atom. The summed E-state index contributed by atoms with van der Waals surface area (Å²) in [5, 5.41) is 0. The first kappa shape index (κ1) is 16.9. The Hall–Kier alpha value is -2.44. The van der Waals surface area contributed by atoms with Crippen molar-refractivity contribution in [2.24, 2.45) is 0 Å². The zero-order valence-corrected chi connectivity index (χ0v) is 13.3. The first-order valence-electron chi connectivity index (χ1n) is 7.51. The molecule has 0 bridgehead atoms. The van der Waals surface area contributed by atoms with Crippen LogP contribution < -0.4 is 0 Å². The molecular formula is C16H20N2O5. The molecule has 0 spiro atoms. The average molecular weight is 320 g/mol. The molecule has 1 aromatic heterocycles. The normalized spacial score (nSPS) is 17.5. The summed E-state index contributed by atoms with van der Waals surface area (Å²) in [5.41, 5.74) is 1.06. The van der Waals surface area contributed by atoms with Crippen molar-refractivity contribution < 1.29 is 23.9 Å². The highest BCUT2D eigenvalue weighted by atomic mass is 16.7. The average Bonchev–Trinajstić information content (AvgIpc) is 2.55. The van der Waals surface area contributed by atoms with Gasteiger partial charge in [0.2, 0.25) is 6.79 Å². The van der Waals surface area contributed by atoms with Gasteiger partial charge in [0.05, 0.1) is 11.6 Å². The van der Waals surface area contributed by atoms with Crippen molar-refractivity contribution in [2.45, 2.75) is 38.6 Å². The quantitative estimate of drug-likeness (QED) is 0.623. The molecule has 0 radical (unpaired) electrons. The van der Waals surface area contributed by atoms with E-state index >= 15 is 0 Å². The Morgan fingerprint density at radius 1 is 1.30 bits per heavy atom. The summed E-state index contributed by atoms with van der Waals surface area (Å²) in [6, 6.07) is 2.82. The number of amides is 1. The zero-order valence-electron chi connectivity index (χ0n) is 13.3. The van der Waals surface area contributed by atoms with Gasteiger partial charge < -0.3 is 14.4 Å². The number of aryl methyl sites for hydroxylation is 1. The fourth-order valence-electron chi connectivity index (χ4n) is 2.41. The first-order chi connectivity index (χ1) is 11.0. The van der Waals surface area contributed by atoms with Crippen molar-refractivity contribution in [2.75, 3.05) is 13.8 Å². The van der Waals surface area contributed by atoms with Crippen LogP contribution in [0.2, 0.25) is 0 Å². The number of rotatable bonds is 4. The van der Waals surface area contributed by atoms with Crippen LogP contribution in [0.25, 0.3) is 0 Å². The largest absolute Gasteiger partial charge is 0.424 e. The van der Waals surface area contributed by atoms with Crippen LogP contribution in [0, 0.1) is 6.92 Å². The number of aromatic nitrogens is 1. The molecule has 1 atom stereocenters. The zero-order chi connectivity index (χ0) is 16.8. The van der Waals surface area contributed by atoms with E-state index in [0.29, 0.717) is 12.8 Å². The van der Waals surface area contributed by atoms with Gasteiger partial charge in [-0.05, 0) is 31.9 Å². The van der Waals surface area contributed by atoms with E-state index in [0.717, 1.165) is 18.5 Å². The van der Waals surface area contributed by atoms with Crippen LogP contribution in [-0.2, 0) is 14.3 Å². The van der Waals surface area contributed by atoms with Gasteiger partial charge in [-0.3, -0.25) is 9.78 Å². The molecular weight excluding hydrogens is 300 g/mol. The lowest BCUT2D eigenvalue weighted by Gasteiger charge is -2.29. The molecule has 1 saturated carbocycles. The minimum Gasteiger partial charge on any atom is -0.424 e. The fourth-order valence-corrected chi connectivity index (χ4v) is 2.41. The van der Waals surface area contributed by atoms with Crippen LogP contribution in [0.1, 0.15) is 41.7 Å². The molecule has 0 N–H and O–H groups in total. The van der Waals surface area contributed by atoms with E-state index in [-0.39, 0.29) is 11.3 Å². The number of carbonyl (C=O) groups is 3. The third-order valence-corrected chi connectivity index (χ3v) is 3.80. The van der Waals surface area contributed by atoms with Gasteiger partial charge >= 0.3 is 12.1 Å². The Bertz CT molecular complexity index is 585. The highest BCUT2D eigenvalue weighted by molar-refractivity contribution is 5.89. The fraction of sp³-hybridized carbons (Fsp3) is 0.500. The molecule has 7 nitrogen and oxygen atoms in total. The molecule has 23 heavy (non-hydrogen) atoms. The molecule has 0 aromatic carbocycles. The van der Waals surface area contributed by atoms with Crippen LogP contribution in [0.3, 0.4) is 0 Å². The van der Waals surface area contributed by atoms with Crippen molar-refractivity contribution in [3.8, 4) is 0 Å². The molecule has 1 aliphatic carbocycles. The van der Waals surface area contributed by atoms with E-state index in [1.165, 1.54) is 18.1 Å². The molecule has 0 saturated heterocycles. The topological polar surface area (TPSA) is 85.8 Å². The molecule has 1 heterocycles. The lowest BCUT2D eigenvalue weighted by Crippen LogP contribution is -2.44. The second-order valence-corrected chi connectivity index (χ2v) is 5.49. The van der Waals surface area contributed by atoms with Gasteiger partial charge in [-0.2, -0.15) is 0 Å². The van der Waals surface area contributed by atoms with E-state index in [9.17, 15) is 14.4 Å². The molecule has 0 unspecified atom stereocenters. The molecule has 1 fully saturated rings. The lowest BCUT2D eigenvalue weighted by molar-refractivity contribution is -0.125. The van der Waals surface area contributed by atoms with Crippen molar-refractivity contribution in [3.63, 3.8) is 0 Å². The summed E-state index contributed by atoms with van der Waals surface area (Å²) in [6.07, 6.45) is 3.60. The monoisotopic (exact) mass is 320 g/mol. The van der Waals surface area contributed by atoms with E-state index in [2.05, 4.69) is 4.98 Å². The smallest absolute Gasteiger partial charge is 0.413 e. The SMILES string of the molecule is Cc1ccc(C(=O)OCOC(=O)N(C)[C@@H]2CCCCC2=O)cn1. The second kappa shape index (κ2) is 7.71. The predicted octanol–water partition coefficient (Wildman–Crippen LogP) is 2.08. The number of ketones is 1. The molecule has 2 rings (SSSR count). The second-order valence-electron chi connectivity index (χ2n) is 5.49. The highest BCUT2D eigenvalue weighted by Crippen LogP contribution is 2.19. The predicted molar refractivity (Wildman–Crippen MR) is 80.8 cm³/mol. The molecule has 1 aromatic rings. The minimum absolute atomic E-state index is 0.0402. The summed E-state index contributed by atoms with van der Waals surface area (Å²) < 4.78 is 9.76. The Kier molecular flexibility index (Phi) is 5.67. The number of nitrogens with zero attached hydrogens (tertiary/aromatic N) is 2. The third-order valence-electron chi connectivity index (χ3n) is 3.80. The summed E-state index contributed by atoms with van der Waals surface area (Å²) in [7, 11) is 1.52. The maximum absolute atomic E-state index is 11.9. The first-order valence-corrected chi connectivity index (χ1v) is 7.51. The number of hydrogen-bond donors (Lipinski definition) is 0. The van der Waals surface area contributed by atoms with Crippen molar-refractivity contribution in [1.29, 1.82) is 0 Å². The summed E-state index contributed by atoms with van der Waals surface area (Å²) in [6.45, 7) is 1.30. The van der Waals surface area contributed by atoms with Gasteiger partial charge in [0.25, 0.3) is 0 Å². The van der Waals surface area contributed by atoms with Gasteiger partial charge in [-0.15, -0.1) is 0 Å². The lowest BCUT2D eigenvalue weighted by atomic mass is 9.93. The number of ether oxygens (including phenoxy) is 2. The van der Waals surface area contributed by atoms with Crippen molar-refractivity contribution in [1.82, 2.24) is 9.88 Å². The number of Topliss-reactive ketones (excluding diaryl/α,β-unsaturated/α-hetero) is 1. The third kappa shape index (κ3) is 4.51. The van der Waals surface area contributed by atoms with Crippen LogP contribution in [-0.4, -0.2) is 47.6 Å². The number of carbonyl (C=O) groups excluding carboxylic acids is 3. The number of hydrogen-bond acceptors (Lipinski definition) is 6. The van der Waals surface area contributed by atoms with Gasteiger partial charge in [-0.25, -0.2) is 9.59 Å². The van der Waals surface area contributed by atoms with Crippen LogP contribution >= 0.6 is 0 Å². The van der Waals surface area contributed by atoms with Gasteiger partial charge in [0, 0.05) is 25.4 Å². The molecule has 124 valence electrons. The molecule has 1 amide bonds. The maximum atomic E-state index is 11.9. The van der Waals surface area contributed by atoms with Crippen molar-refractivity contribution >= 4 is 17.8 Å². The van der Waals surface area contributed by atoms with Crippen molar-refractivity contribution in [3.05, 3.63) is 29.6 Å². The maximum Gasteiger partial charge on any atom is 0.413 e. The van der Waals surface area contributed by atoms with E-state index in [4.69, 9.17) is 9.47 Å². The van der Waals surface area contributed by atoms with E-state index in [1.54, 1.807) is 19.1 Å². The summed E-state index contributed by atoms with van der Waals surface area (Å²) >= 11 is 0. The summed E-state index contributed by atoms with van der Waals surface area (Å²) in [4.78, 5) is 40.7. The Labute approximate surface area is 134 Å².